The fourth-order valence-corrected chi connectivity index (χ4v) is 6.03. The molecule has 0 atom stereocenters. The van der Waals surface area contributed by atoms with Crippen LogP contribution >= 0.6 is 15.9 Å². The summed E-state index contributed by atoms with van der Waals surface area (Å²) in [6, 6.07) is 41.2. The summed E-state index contributed by atoms with van der Waals surface area (Å²) in [5.41, 5.74) is 12.0. The predicted molar refractivity (Wildman–Crippen MR) is 203 cm³/mol. The monoisotopic (exact) mass is 712 g/mol. The van der Waals surface area contributed by atoms with E-state index in [9.17, 15) is 4.79 Å². The van der Waals surface area contributed by atoms with Gasteiger partial charge in [-0.05, 0) is 93.6 Å². The normalized spacial score (nSPS) is 11.4. The molecule has 9 aromatic rings. The molecule has 1 amide bonds. The van der Waals surface area contributed by atoms with Crippen molar-refractivity contribution in [2.45, 2.75) is 26.4 Å². The number of carbonyl (C=O) groups is 1. The molecular weight excluding hydrogens is 680 g/mol. The Morgan fingerprint density at radius 2 is 1.00 bits per heavy atom. The smallest absolute Gasteiger partial charge is 0.412 e. The molecule has 49 heavy (non-hydrogen) atoms. The quantitative estimate of drug-likeness (QED) is 0.164. The summed E-state index contributed by atoms with van der Waals surface area (Å²) < 4.78 is 23.4. The molecule has 7 nitrogen and oxygen atoms in total. The second kappa shape index (κ2) is 13.1. The maximum absolute atomic E-state index is 11.8. The molecule has 0 unspecified atom stereocenters. The number of nitrogen functional groups attached to an aromatic ring is 1. The van der Waals surface area contributed by atoms with Crippen LogP contribution in [0, 0.1) is 0 Å². The van der Waals surface area contributed by atoms with Gasteiger partial charge in [0, 0.05) is 48.2 Å². The van der Waals surface area contributed by atoms with Gasteiger partial charge in [0.05, 0.1) is 0 Å². The lowest BCUT2D eigenvalue weighted by Crippen LogP contribution is -2.27. The number of hydrogen-bond donors (Lipinski definition) is 2. The second-order valence-electron chi connectivity index (χ2n) is 12.5. The Kier molecular flexibility index (Phi) is 8.48. The maximum Gasteiger partial charge on any atom is 0.412 e. The Morgan fingerprint density at radius 1 is 0.571 bits per heavy atom. The maximum atomic E-state index is 11.8. The molecule has 0 bridgehead atoms. The molecule has 0 saturated carbocycles. The Morgan fingerprint density at radius 3 is 1.53 bits per heavy atom. The first-order valence-electron chi connectivity index (χ1n) is 15.8. The number of nitrogens with two attached hydrogens (primary N) is 1. The van der Waals surface area contributed by atoms with Gasteiger partial charge in [-0.3, -0.25) is 5.32 Å². The van der Waals surface area contributed by atoms with Crippen LogP contribution in [0.15, 0.2) is 145 Å². The third kappa shape index (κ3) is 6.96. The van der Waals surface area contributed by atoms with Crippen LogP contribution in [0.4, 0.5) is 16.2 Å². The number of hydrogen-bond acceptors (Lipinski definition) is 6. The van der Waals surface area contributed by atoms with Crippen LogP contribution < -0.4 is 11.1 Å². The summed E-state index contributed by atoms with van der Waals surface area (Å²) >= 11 is 3.46. The Hall–Kier alpha value is -5.73. The van der Waals surface area contributed by atoms with E-state index in [0.717, 1.165) is 70.6 Å². The third-order valence-electron chi connectivity index (χ3n) is 7.76. The highest BCUT2D eigenvalue weighted by molar-refractivity contribution is 9.10. The average molecular weight is 714 g/mol. The van der Waals surface area contributed by atoms with Crippen molar-refractivity contribution in [1.82, 2.24) is 0 Å². The number of para-hydroxylation sites is 3. The largest absolute Gasteiger partial charge is 0.456 e. The molecule has 0 fully saturated rings. The van der Waals surface area contributed by atoms with Gasteiger partial charge in [-0.15, -0.1) is 0 Å². The van der Waals surface area contributed by atoms with Gasteiger partial charge in [-0.2, -0.15) is 0 Å². The van der Waals surface area contributed by atoms with E-state index in [1.54, 1.807) is 6.07 Å². The Balaban J connectivity index is 0.000000119. The minimum Gasteiger partial charge on any atom is -0.456 e. The number of nitrogens with one attached hydrogen (secondary N) is 1. The van der Waals surface area contributed by atoms with E-state index in [2.05, 4.69) is 33.4 Å². The Labute approximate surface area is 290 Å². The van der Waals surface area contributed by atoms with E-state index in [-0.39, 0.29) is 0 Å². The zero-order chi connectivity index (χ0) is 34.1. The van der Waals surface area contributed by atoms with Crippen molar-refractivity contribution < 1.29 is 22.8 Å². The Bertz CT molecular complexity index is 2500. The summed E-state index contributed by atoms with van der Waals surface area (Å²) in [5.74, 6) is 0. The van der Waals surface area contributed by atoms with Crippen molar-refractivity contribution in [3.05, 3.63) is 132 Å². The molecule has 0 aliphatic carbocycles. The lowest BCUT2D eigenvalue weighted by molar-refractivity contribution is 0.0636. The molecule has 244 valence electrons. The number of benzene rings is 6. The van der Waals surface area contributed by atoms with E-state index in [1.165, 1.54) is 5.39 Å². The average Bonchev–Trinajstić information content (AvgIpc) is 3.75. The molecule has 3 heterocycles. The molecule has 0 saturated heterocycles. The topological polar surface area (TPSA) is 104 Å². The molecule has 0 radical (unpaired) electrons. The van der Waals surface area contributed by atoms with Gasteiger partial charge in [0.15, 0.2) is 0 Å². The van der Waals surface area contributed by atoms with Gasteiger partial charge < -0.3 is 23.7 Å². The number of anilines is 2. The molecule has 3 N–H and O–H groups in total. The number of halogens is 1. The summed E-state index contributed by atoms with van der Waals surface area (Å²) in [4.78, 5) is 11.8. The van der Waals surface area contributed by atoms with Crippen molar-refractivity contribution in [2.24, 2.45) is 0 Å². The van der Waals surface area contributed by atoms with E-state index in [0.29, 0.717) is 5.69 Å². The van der Waals surface area contributed by atoms with Gasteiger partial charge in [0.25, 0.3) is 0 Å². The van der Waals surface area contributed by atoms with Crippen LogP contribution in [0.5, 0.6) is 0 Å². The number of amides is 1. The van der Waals surface area contributed by atoms with Gasteiger partial charge in [-0.25, -0.2) is 4.79 Å². The van der Waals surface area contributed by atoms with Crippen molar-refractivity contribution in [2.75, 3.05) is 11.1 Å². The van der Waals surface area contributed by atoms with Crippen LogP contribution in [0.1, 0.15) is 20.8 Å². The molecule has 0 aliphatic heterocycles. The summed E-state index contributed by atoms with van der Waals surface area (Å²) in [6.07, 6.45) is -0.463. The van der Waals surface area contributed by atoms with Crippen LogP contribution in [0.3, 0.4) is 0 Å². The molecule has 0 aliphatic rings. The molecule has 6 aromatic carbocycles. The fourth-order valence-electron chi connectivity index (χ4n) is 5.67. The van der Waals surface area contributed by atoms with Crippen molar-refractivity contribution in [3.63, 3.8) is 0 Å². The first-order chi connectivity index (χ1) is 23.6. The van der Waals surface area contributed by atoms with Gasteiger partial charge in [0.1, 0.15) is 39.1 Å². The summed E-state index contributed by atoms with van der Waals surface area (Å²) in [7, 11) is 0. The molecule has 3 aromatic heterocycles. The van der Waals surface area contributed by atoms with Crippen LogP contribution in [0.2, 0.25) is 0 Å². The van der Waals surface area contributed by atoms with Crippen molar-refractivity contribution in [3.8, 4) is 0 Å². The number of furan rings is 3. The first-order valence-corrected chi connectivity index (χ1v) is 16.6. The zero-order valence-electron chi connectivity index (χ0n) is 27.1. The molecule has 8 heteroatoms. The van der Waals surface area contributed by atoms with E-state index in [4.69, 9.17) is 23.7 Å². The van der Waals surface area contributed by atoms with Gasteiger partial charge >= 0.3 is 6.09 Å². The van der Waals surface area contributed by atoms with Gasteiger partial charge in [-0.1, -0.05) is 70.5 Å². The lowest BCUT2D eigenvalue weighted by Gasteiger charge is -2.19. The van der Waals surface area contributed by atoms with Crippen molar-refractivity contribution >= 4 is 99.2 Å². The molecule has 0 spiro atoms. The van der Waals surface area contributed by atoms with Gasteiger partial charge in [0.2, 0.25) is 0 Å². The second-order valence-corrected chi connectivity index (χ2v) is 13.4. The standard InChI is InChI=1S/C17H17NO3.C12H7BrO.C12H9NO/c1-17(2,3)21-16(19)18-11-8-9-15-13(10-11)12-6-4-5-7-14(12)20-15;2*13-8-5-6-12-10(7-8)9-3-1-2-4-11(9)14-12/h4-10H,1-3H3,(H,18,19);1-7H;1-7H,13H2. The van der Waals surface area contributed by atoms with E-state index < -0.39 is 11.7 Å². The zero-order valence-corrected chi connectivity index (χ0v) is 28.7. The minimum absolute atomic E-state index is 0.463. The highest BCUT2D eigenvalue weighted by atomic mass is 79.9. The van der Waals surface area contributed by atoms with Crippen LogP contribution in [-0.2, 0) is 4.74 Å². The molecule has 9 rings (SSSR count). The summed E-state index contributed by atoms with van der Waals surface area (Å²) in [6.45, 7) is 5.50. The fraction of sp³-hybridized carbons (Fsp3) is 0.0976. The SMILES string of the molecule is Brc1ccc2oc3ccccc3c2c1.CC(C)(C)OC(=O)Nc1ccc2oc3ccccc3c2c1.Nc1ccc2oc3ccccc3c2c1. The molecular formula is C41H33BrN2O5. The predicted octanol–water partition coefficient (Wildman–Crippen LogP) is 12.4. The minimum atomic E-state index is -0.517. The summed E-state index contributed by atoms with van der Waals surface area (Å²) in [5, 5.41) is 9.28. The van der Waals surface area contributed by atoms with E-state index >= 15 is 0 Å². The van der Waals surface area contributed by atoms with Crippen LogP contribution in [0.25, 0.3) is 65.8 Å². The lowest BCUT2D eigenvalue weighted by atomic mass is 10.1. The first kappa shape index (κ1) is 31.8. The third-order valence-corrected chi connectivity index (χ3v) is 8.25. The number of carbonyl (C=O) groups excluding carboxylic acids is 1. The number of ether oxygens (including phenoxy) is 1. The number of rotatable bonds is 1. The van der Waals surface area contributed by atoms with Crippen LogP contribution in [-0.4, -0.2) is 11.7 Å². The van der Waals surface area contributed by atoms with Crippen molar-refractivity contribution in [1.29, 1.82) is 0 Å². The van der Waals surface area contributed by atoms with E-state index in [1.807, 2.05) is 130 Å². The number of fused-ring (bicyclic) bond motifs is 9. The highest BCUT2D eigenvalue weighted by Gasteiger charge is 2.17. The highest BCUT2D eigenvalue weighted by Crippen LogP contribution is 2.32.